The van der Waals surface area contributed by atoms with Crippen LogP contribution in [0.1, 0.15) is 106 Å². The Hall–Kier alpha value is -0.640. The van der Waals surface area contributed by atoms with Crippen molar-refractivity contribution in [3.8, 4) is 0 Å². The van der Waals surface area contributed by atoms with E-state index in [0.717, 1.165) is 51.4 Å². The van der Waals surface area contributed by atoms with Gasteiger partial charge in [0, 0.05) is 22.1 Å². The lowest BCUT2D eigenvalue weighted by molar-refractivity contribution is -0.189. The summed E-state index contributed by atoms with van der Waals surface area (Å²) in [4.78, 5) is 25.8. The van der Waals surface area contributed by atoms with Crippen LogP contribution in [0.25, 0.3) is 0 Å². The summed E-state index contributed by atoms with van der Waals surface area (Å²) >= 11 is 4.14. The molecule has 9 atom stereocenters. The van der Waals surface area contributed by atoms with E-state index >= 15 is 0 Å². The maximum absolute atomic E-state index is 12.9. The molecule has 0 bridgehead atoms. The predicted octanol–water partition coefficient (Wildman–Crippen LogP) is 7.82. The van der Waals surface area contributed by atoms with Gasteiger partial charge in [-0.25, -0.2) is 0 Å². The van der Waals surface area contributed by atoms with Crippen LogP contribution < -0.4 is 0 Å². The average molecular weight is 534 g/mol. The molecule has 5 aliphatic rings. The van der Waals surface area contributed by atoms with Crippen LogP contribution in [0.15, 0.2) is 11.6 Å². The third kappa shape index (κ3) is 2.76. The minimum Gasteiger partial charge on any atom is -0.481 e. The van der Waals surface area contributed by atoms with Gasteiger partial charge in [-0.3, -0.25) is 9.59 Å². The number of hydrogen-bond acceptors (Lipinski definition) is 2. The summed E-state index contributed by atoms with van der Waals surface area (Å²) in [5.41, 5.74) is 0.850. The molecule has 0 aliphatic heterocycles. The molecule has 0 saturated heterocycles. The normalized spacial score (nSPS) is 54.1. The number of carbonyl (C=O) groups is 2. The molecule has 190 valence electrons. The van der Waals surface area contributed by atoms with Crippen LogP contribution in [0.4, 0.5) is 0 Å². The van der Waals surface area contributed by atoms with Gasteiger partial charge in [-0.05, 0) is 92.3 Å². The number of aliphatic carboxylic acids is 1. The number of halogens is 1. The number of rotatable bonds is 1. The zero-order valence-corrected chi connectivity index (χ0v) is 24.0. The predicted molar refractivity (Wildman–Crippen MR) is 140 cm³/mol. The van der Waals surface area contributed by atoms with Gasteiger partial charge in [0.2, 0.25) is 0 Å². The number of allylic oxidation sites excluding steroid dienone is 2. The van der Waals surface area contributed by atoms with Gasteiger partial charge in [-0.1, -0.05) is 69.1 Å². The highest BCUT2D eigenvalue weighted by atomic mass is 79.9. The van der Waals surface area contributed by atoms with Crippen LogP contribution in [0, 0.1) is 50.7 Å². The van der Waals surface area contributed by atoms with Gasteiger partial charge in [-0.15, -0.1) is 0 Å². The summed E-state index contributed by atoms with van der Waals surface area (Å²) < 4.78 is -0.208. The maximum Gasteiger partial charge on any atom is 0.310 e. The molecule has 0 aromatic heterocycles. The van der Waals surface area contributed by atoms with Crippen molar-refractivity contribution >= 4 is 27.7 Å². The Morgan fingerprint density at radius 3 is 2.29 bits per heavy atom. The van der Waals surface area contributed by atoms with Gasteiger partial charge in [0.1, 0.15) is 5.78 Å². The SMILES string of the molecule is CC1CCC2(C(=O)O)CCC3(C)C(=CCC4C5(C)CCC(=O)C(C)(C)C5CCC43C)C2C1(C)Br. The van der Waals surface area contributed by atoms with E-state index in [2.05, 4.69) is 70.5 Å². The van der Waals surface area contributed by atoms with Gasteiger partial charge in [-0.2, -0.15) is 0 Å². The highest BCUT2D eigenvalue weighted by molar-refractivity contribution is 9.10. The van der Waals surface area contributed by atoms with Crippen LogP contribution in [-0.2, 0) is 9.59 Å². The van der Waals surface area contributed by atoms with Crippen LogP contribution in [0.3, 0.4) is 0 Å². The first-order valence-corrected chi connectivity index (χ1v) is 14.5. The summed E-state index contributed by atoms with van der Waals surface area (Å²) in [6.07, 6.45) is 11.0. The van der Waals surface area contributed by atoms with E-state index in [1.165, 1.54) is 5.57 Å². The number of carbonyl (C=O) groups excluding carboxylic acids is 1. The number of fused-ring (bicyclic) bond motifs is 7. The highest BCUT2D eigenvalue weighted by Crippen LogP contribution is 2.76. The molecule has 0 heterocycles. The van der Waals surface area contributed by atoms with E-state index in [-0.39, 0.29) is 31.9 Å². The van der Waals surface area contributed by atoms with Gasteiger partial charge in [0.15, 0.2) is 0 Å². The van der Waals surface area contributed by atoms with E-state index in [1.54, 1.807) is 0 Å². The fourth-order valence-corrected chi connectivity index (χ4v) is 11.5. The number of hydrogen-bond donors (Lipinski definition) is 1. The quantitative estimate of drug-likeness (QED) is 0.276. The second-order valence-corrected chi connectivity index (χ2v) is 16.1. The molecule has 0 radical (unpaired) electrons. The first kappa shape index (κ1) is 25.0. The summed E-state index contributed by atoms with van der Waals surface area (Å²) in [5.74, 6) is 1.32. The molecular weight excluding hydrogens is 488 g/mol. The van der Waals surface area contributed by atoms with Crippen molar-refractivity contribution in [1.82, 2.24) is 0 Å². The van der Waals surface area contributed by atoms with Crippen LogP contribution in [0.2, 0.25) is 0 Å². The van der Waals surface area contributed by atoms with Crippen LogP contribution >= 0.6 is 15.9 Å². The number of ketones is 1. The Labute approximate surface area is 215 Å². The van der Waals surface area contributed by atoms with Crippen LogP contribution in [0.5, 0.6) is 0 Å². The Balaban J connectivity index is 1.65. The van der Waals surface area contributed by atoms with Gasteiger partial charge in [0.05, 0.1) is 5.41 Å². The van der Waals surface area contributed by atoms with Gasteiger partial charge < -0.3 is 5.11 Å². The van der Waals surface area contributed by atoms with Crippen molar-refractivity contribution in [3.05, 3.63) is 11.6 Å². The van der Waals surface area contributed by atoms with E-state index in [9.17, 15) is 14.7 Å². The standard InChI is InChI=1S/C30H45BrO3/c1-18-10-15-30(24(33)34)17-16-27(5)19(23(30)29(18,7)31)8-9-21-26(4)13-12-22(32)25(2,3)20(26)11-14-28(21,27)6/h8,18,20-21,23H,9-17H2,1-7H3,(H,33,34). The highest BCUT2D eigenvalue weighted by Gasteiger charge is 2.71. The second-order valence-electron chi connectivity index (χ2n) is 14.4. The molecule has 5 rings (SSSR count). The Bertz CT molecular complexity index is 964. The molecule has 0 amide bonds. The average Bonchev–Trinajstić information content (AvgIpc) is 2.74. The van der Waals surface area contributed by atoms with Crippen molar-refractivity contribution in [2.75, 3.05) is 0 Å². The Kier molecular flexibility index (Phi) is 5.32. The monoisotopic (exact) mass is 532 g/mol. The molecule has 4 fully saturated rings. The van der Waals surface area contributed by atoms with E-state index in [4.69, 9.17) is 0 Å². The summed E-state index contributed by atoms with van der Waals surface area (Å²) in [6, 6.07) is 0. The molecule has 4 saturated carbocycles. The minimum atomic E-state index is -0.653. The summed E-state index contributed by atoms with van der Waals surface area (Å²) in [6.45, 7) is 16.5. The molecule has 0 aromatic carbocycles. The fourth-order valence-electron chi connectivity index (χ4n) is 10.6. The zero-order valence-electron chi connectivity index (χ0n) is 22.4. The topological polar surface area (TPSA) is 54.4 Å². The number of carboxylic acid groups (broad SMARTS) is 1. The van der Waals surface area contributed by atoms with Crippen molar-refractivity contribution in [1.29, 1.82) is 0 Å². The molecular formula is C30H45BrO3. The lowest BCUT2D eigenvalue weighted by Crippen LogP contribution is -2.66. The first-order chi connectivity index (χ1) is 15.6. The molecule has 4 heteroatoms. The summed E-state index contributed by atoms with van der Waals surface area (Å²) in [5, 5.41) is 10.6. The number of Topliss-reactive ketones (excluding diaryl/α,β-unsaturated/α-hetero) is 1. The van der Waals surface area contributed by atoms with E-state index < -0.39 is 11.4 Å². The zero-order chi connectivity index (χ0) is 25.1. The molecule has 1 N–H and O–H groups in total. The van der Waals surface area contributed by atoms with Crippen molar-refractivity contribution in [2.24, 2.45) is 50.7 Å². The van der Waals surface area contributed by atoms with Gasteiger partial charge >= 0.3 is 5.97 Å². The first-order valence-electron chi connectivity index (χ1n) is 13.8. The molecule has 9 unspecified atom stereocenters. The summed E-state index contributed by atoms with van der Waals surface area (Å²) in [7, 11) is 0. The van der Waals surface area contributed by atoms with Crippen molar-refractivity contribution in [3.63, 3.8) is 0 Å². The fraction of sp³-hybridized carbons (Fsp3) is 0.867. The number of alkyl halides is 1. The molecule has 0 aromatic rings. The molecule has 0 spiro atoms. The third-order valence-electron chi connectivity index (χ3n) is 13.2. The lowest BCUT2D eigenvalue weighted by atomic mass is 9.33. The number of carboxylic acids is 1. The molecule has 5 aliphatic carbocycles. The Morgan fingerprint density at radius 2 is 1.65 bits per heavy atom. The third-order valence-corrected chi connectivity index (χ3v) is 14.4. The van der Waals surface area contributed by atoms with Crippen molar-refractivity contribution < 1.29 is 14.7 Å². The molecule has 3 nitrogen and oxygen atoms in total. The Morgan fingerprint density at radius 1 is 0.971 bits per heavy atom. The van der Waals surface area contributed by atoms with Crippen LogP contribution in [-0.4, -0.2) is 21.2 Å². The maximum atomic E-state index is 12.9. The van der Waals surface area contributed by atoms with Crippen molar-refractivity contribution in [2.45, 2.75) is 111 Å². The lowest BCUT2D eigenvalue weighted by Gasteiger charge is -2.71. The van der Waals surface area contributed by atoms with Gasteiger partial charge in [0.25, 0.3) is 0 Å². The van der Waals surface area contributed by atoms with E-state index in [1.807, 2.05) is 0 Å². The smallest absolute Gasteiger partial charge is 0.310 e. The minimum absolute atomic E-state index is 0.00516. The second kappa shape index (κ2) is 7.23. The van der Waals surface area contributed by atoms with E-state index in [0.29, 0.717) is 30.0 Å². The largest absolute Gasteiger partial charge is 0.481 e. The molecule has 34 heavy (non-hydrogen) atoms.